The van der Waals surface area contributed by atoms with E-state index in [1.54, 1.807) is 35.5 Å². The molecule has 7 aliphatic rings. The van der Waals surface area contributed by atoms with Crippen molar-refractivity contribution in [3.05, 3.63) is 155 Å². The Bertz CT molecular complexity index is 4510. The largest absolute Gasteiger partial charge is 0.510 e. The number of hydrogen-bond donors (Lipinski definition) is 10. The van der Waals surface area contributed by atoms with E-state index in [-0.39, 0.29) is 115 Å². The Balaban J connectivity index is 0.637. The lowest BCUT2D eigenvalue weighted by molar-refractivity contribution is -0.570. The number of anilines is 3. The number of allylic oxidation sites excluding steroid dienone is 1. The maximum absolute atomic E-state index is 14.2. The quantitative estimate of drug-likeness (QED) is 0.00799. The Morgan fingerprint density at radius 3 is 2.40 bits per heavy atom. The van der Waals surface area contributed by atoms with Crippen molar-refractivity contribution in [3.63, 3.8) is 0 Å². The van der Waals surface area contributed by atoms with Gasteiger partial charge in [-0.3, -0.25) is 43.4 Å². The predicted octanol–water partition coefficient (Wildman–Crippen LogP) is 8.40. The fourth-order valence-electron chi connectivity index (χ4n) is 19.3. The number of nitrogens with one attached hydrogen (secondary N) is 3. The van der Waals surface area contributed by atoms with Gasteiger partial charge in [-0.25, -0.2) is 14.8 Å². The second-order valence-electron chi connectivity index (χ2n) is 29.8. The van der Waals surface area contributed by atoms with Crippen LogP contribution in [0.25, 0.3) is 27.6 Å². The van der Waals surface area contributed by atoms with Gasteiger partial charge in [-0.05, 0) is 134 Å². The fraction of sp³-hybridized carbons (Fsp3) is 0.474. The van der Waals surface area contributed by atoms with Crippen molar-refractivity contribution in [1.29, 1.82) is 0 Å². The number of aromatic nitrogens is 5. The molecule has 3 aliphatic heterocycles. The van der Waals surface area contributed by atoms with Gasteiger partial charge in [0.05, 0.1) is 35.4 Å². The number of ether oxygens (including phenoxy) is 2. The fourth-order valence-corrected chi connectivity index (χ4v) is 20.7. The summed E-state index contributed by atoms with van der Waals surface area (Å²) in [6.07, 6.45) is 8.92. The number of aromatic carboxylic acids is 1. The van der Waals surface area contributed by atoms with Crippen molar-refractivity contribution in [2.24, 2.45) is 21.7 Å². The van der Waals surface area contributed by atoms with Crippen molar-refractivity contribution in [2.45, 2.75) is 160 Å². The van der Waals surface area contributed by atoms with Gasteiger partial charge in [0, 0.05) is 134 Å². The first-order valence-corrected chi connectivity index (χ1v) is 38.4. The topological polar surface area (TPSA) is 382 Å². The molecule has 27 nitrogen and oxygen atoms in total. The van der Waals surface area contributed by atoms with E-state index >= 15 is 0 Å². The number of benzene rings is 2. The Morgan fingerprint density at radius 1 is 0.867 bits per heavy atom. The number of rotatable bonds is 33. The molecule has 5 unspecified atom stereocenters. The molecular weight excluding hydrogens is 1390 g/mol. The van der Waals surface area contributed by atoms with Gasteiger partial charge < -0.3 is 65.2 Å². The van der Waals surface area contributed by atoms with Gasteiger partial charge in [0.2, 0.25) is 11.8 Å². The van der Waals surface area contributed by atoms with Crippen LogP contribution in [-0.4, -0.2) is 187 Å². The summed E-state index contributed by atoms with van der Waals surface area (Å²) in [5, 5.41) is 67.8. The Kier molecular flexibility index (Phi) is 20.9. The Morgan fingerprint density at radius 2 is 1.66 bits per heavy atom. The minimum atomic E-state index is -4.37. The second kappa shape index (κ2) is 29.5. The molecule has 13 rings (SSSR count). The SMILES string of the molecule is C=C(CCNC(=O)CCCCCN1C(=O)C=CC1=O)Nc1cc(/C=C/CCC(=O)N(CCCP(=O)(O)O)CCOC23CC4(C)CC5(C)CC(Cn6ncc(-c7ccc(N8CCc9cccc(C(=O)Nc%10nc%11ncccc%11s%10)c9C8)nc7C(=O)O)c6C)(C2)C543)ccc1C[C@@H]1O[C@H](C(=C)O)[C@@H](O)[C@H](O)[C@H]1O. The number of amides is 5. The highest BCUT2D eigenvalue weighted by molar-refractivity contribution is 7.51. The van der Waals surface area contributed by atoms with E-state index in [2.05, 4.69) is 52.9 Å². The van der Waals surface area contributed by atoms with Gasteiger partial charge in [0.25, 0.3) is 17.7 Å². The summed E-state index contributed by atoms with van der Waals surface area (Å²) in [6.45, 7) is 16.8. The number of carboxylic acid groups (broad SMARTS) is 1. The summed E-state index contributed by atoms with van der Waals surface area (Å²) in [4.78, 5) is 116. The van der Waals surface area contributed by atoms with Crippen LogP contribution in [0.2, 0.25) is 0 Å². The molecule has 29 heteroatoms. The highest BCUT2D eigenvalue weighted by Crippen LogP contribution is 3.03. The number of carboxylic acids is 1. The number of aliphatic hydroxyl groups excluding tert-OH is 4. The van der Waals surface area contributed by atoms with Gasteiger partial charge in [-0.15, -0.1) is 0 Å². The standard InChI is InChI=1S/C76H90N11O16PS/c1-45(26-29-77-59(89)18-7-6-10-31-86-61(91)24-25-62(86)92)80-55-36-48(20-21-50(55)37-56-64(93)65(94)66(95)67(103-56)47(3)88)14-8-9-19-60(90)84(30-13-35-104(99,100)101)33-34-102-75-42-73(5)40-72(4)41-74(43-75,76(72,73)75)44-87-46(2)53(38-79-87)51-22-23-58(81-63(51)70(97)98)85-32-27-49-15-11-16-52(54(49)39-85)69(96)83-71-82-68-57(105-71)17-12-28-78-68/h8,11-12,14-17,20-25,28,36,38,56,64-67,80,88,93-95H,1,3,6-7,9-10,13,18-19,26-27,29-35,37,39-44H2,2,4-5H3,(H,77,89)(H,97,98)(H2,99,100,101)(H,78,82,83,96)/b14-8+/t56-,64-,65+,66-,67+,72?,73?,74?,75?,76?/m0/s1. The van der Waals surface area contributed by atoms with Crippen molar-refractivity contribution in [3.8, 4) is 11.1 Å². The Hall–Kier alpha value is -8.83. The van der Waals surface area contributed by atoms with E-state index in [0.717, 1.165) is 47.2 Å². The van der Waals surface area contributed by atoms with Crippen molar-refractivity contribution < 1.29 is 78.1 Å². The smallest absolute Gasteiger partial charge is 0.355 e. The van der Waals surface area contributed by atoms with Crippen LogP contribution in [0, 0.1) is 28.6 Å². The first-order chi connectivity index (χ1) is 50.0. The number of aliphatic hydroxyl groups is 4. The minimum absolute atomic E-state index is 0.00604. The minimum Gasteiger partial charge on any atom is -0.510 e. The number of hydrogen-bond acceptors (Lipinski definition) is 20. The lowest BCUT2D eigenvalue weighted by atomic mass is 9.03. The number of unbranched alkanes of at least 4 members (excludes halogenated alkanes) is 2. The average molecular weight is 1480 g/mol. The number of carbonyl (C=O) groups is 6. The maximum Gasteiger partial charge on any atom is 0.355 e. The van der Waals surface area contributed by atoms with Gasteiger partial charge in [0.1, 0.15) is 36.0 Å². The number of imide groups is 1. The summed E-state index contributed by atoms with van der Waals surface area (Å²) in [5.41, 5.74) is 6.30. The van der Waals surface area contributed by atoms with Crippen molar-refractivity contribution >= 4 is 87.5 Å². The molecule has 5 amide bonds. The zero-order chi connectivity index (χ0) is 74.5. The van der Waals surface area contributed by atoms with E-state index < -0.39 is 61.6 Å². The summed E-state index contributed by atoms with van der Waals surface area (Å²) in [7, 11) is -4.37. The molecule has 5 fully saturated rings. The third kappa shape index (κ3) is 14.2. The molecule has 0 radical (unpaired) electrons. The molecule has 1 saturated heterocycles. The van der Waals surface area contributed by atoms with Crippen LogP contribution in [0.15, 0.2) is 116 Å². The van der Waals surface area contributed by atoms with Gasteiger partial charge in [0.15, 0.2) is 16.5 Å². The van der Waals surface area contributed by atoms with Gasteiger partial charge in [-0.1, -0.05) is 81.2 Å². The number of pyridine rings is 2. The molecule has 4 saturated carbocycles. The molecule has 2 aromatic carbocycles. The molecule has 7 heterocycles. The van der Waals surface area contributed by atoms with Gasteiger partial charge in [-0.2, -0.15) is 10.1 Å². The summed E-state index contributed by atoms with van der Waals surface area (Å²) in [5.74, 6) is -2.61. The van der Waals surface area contributed by atoms with Crippen LogP contribution < -0.4 is 20.9 Å². The Labute approximate surface area is 611 Å². The highest BCUT2D eigenvalue weighted by atomic mass is 32.1. The van der Waals surface area contributed by atoms with Crippen molar-refractivity contribution in [2.75, 3.05) is 61.0 Å². The predicted molar refractivity (Wildman–Crippen MR) is 392 cm³/mol. The van der Waals surface area contributed by atoms with Crippen LogP contribution in [0.4, 0.5) is 16.6 Å². The third-order valence-electron chi connectivity index (χ3n) is 22.9. The number of thiazole rings is 1. The maximum atomic E-state index is 14.2. The normalized spacial score (nSPS) is 26.2. The van der Waals surface area contributed by atoms with Gasteiger partial charge >= 0.3 is 13.6 Å². The molecule has 556 valence electrons. The van der Waals surface area contributed by atoms with E-state index in [0.29, 0.717) is 114 Å². The molecule has 105 heavy (non-hydrogen) atoms. The van der Waals surface area contributed by atoms with E-state index in [1.165, 1.54) is 28.4 Å². The van der Waals surface area contributed by atoms with Crippen LogP contribution in [0.3, 0.4) is 0 Å². The zero-order valence-corrected chi connectivity index (χ0v) is 60.8. The lowest BCUT2D eigenvalue weighted by Crippen LogP contribution is -3.01. The summed E-state index contributed by atoms with van der Waals surface area (Å²) >= 11 is 1.34. The molecule has 10 N–H and O–H groups in total. The second-order valence-corrected chi connectivity index (χ2v) is 32.6. The highest BCUT2D eigenvalue weighted by Gasteiger charge is 3.02. The molecule has 6 aromatic rings. The monoisotopic (exact) mass is 1480 g/mol. The van der Waals surface area contributed by atoms with E-state index in [9.17, 15) is 68.7 Å². The lowest BCUT2D eigenvalue weighted by Gasteiger charge is -3.02. The third-order valence-corrected chi connectivity index (χ3v) is 24.7. The molecule has 0 bridgehead atoms. The molecule has 1 spiro atoms. The molecular formula is C76H90N11O16PS. The van der Waals surface area contributed by atoms with Crippen LogP contribution >= 0.6 is 18.9 Å². The molecule has 4 aromatic heterocycles. The number of fused-ring (bicyclic) bond motifs is 2. The summed E-state index contributed by atoms with van der Waals surface area (Å²) in [6, 6.07) is 18.4. The number of nitrogens with zero attached hydrogens (tertiary/aromatic N) is 8. The van der Waals surface area contributed by atoms with Crippen LogP contribution in [-0.2, 0) is 59.1 Å². The zero-order valence-electron chi connectivity index (χ0n) is 59.0. The van der Waals surface area contributed by atoms with Crippen molar-refractivity contribution in [1.82, 2.24) is 39.8 Å². The average Bonchev–Trinajstić information content (AvgIpc) is 1.18. The van der Waals surface area contributed by atoms with Crippen LogP contribution in [0.5, 0.6) is 0 Å². The first-order valence-electron chi connectivity index (χ1n) is 35.8. The van der Waals surface area contributed by atoms with E-state index in [1.807, 2.05) is 71.1 Å². The first kappa shape index (κ1) is 74.4. The molecule has 10 atom stereocenters. The summed E-state index contributed by atoms with van der Waals surface area (Å²) < 4.78 is 27.9. The molecule has 4 aliphatic carbocycles. The van der Waals surface area contributed by atoms with Crippen LogP contribution in [0.1, 0.15) is 140 Å². The number of carbonyl (C=O) groups excluding carboxylic acids is 5. The van der Waals surface area contributed by atoms with E-state index in [4.69, 9.17) is 19.6 Å².